The van der Waals surface area contributed by atoms with Crippen LogP contribution in [-0.2, 0) is 0 Å². The molecule has 5 heteroatoms. The van der Waals surface area contributed by atoms with Crippen molar-refractivity contribution in [1.82, 2.24) is 4.98 Å². The fourth-order valence-corrected chi connectivity index (χ4v) is 3.79. The van der Waals surface area contributed by atoms with E-state index in [0.717, 1.165) is 21.2 Å². The zero-order chi connectivity index (χ0) is 15.8. The Morgan fingerprint density at radius 2 is 1.78 bits per heavy atom. The molecule has 0 unspecified atom stereocenters. The molecule has 112 valence electrons. The second-order valence-corrected chi connectivity index (χ2v) is 6.79. The lowest BCUT2D eigenvalue weighted by molar-refractivity contribution is 0.519. The Hall–Kier alpha value is -2.24. The van der Waals surface area contributed by atoms with Gasteiger partial charge in [0.1, 0.15) is 10.2 Å². The lowest BCUT2D eigenvalue weighted by atomic mass is 10.1. The molecule has 2 heterocycles. The first-order valence-electron chi connectivity index (χ1n) is 6.96. The maximum atomic E-state index is 12.5. The van der Waals surface area contributed by atoms with Gasteiger partial charge in [0.05, 0.1) is 0 Å². The average molecular weight is 384 g/mol. The van der Waals surface area contributed by atoms with E-state index in [2.05, 4.69) is 20.9 Å². The predicted octanol–water partition coefficient (Wildman–Crippen LogP) is 5.35. The molecule has 0 N–H and O–H groups in total. The van der Waals surface area contributed by atoms with Crippen LogP contribution >= 0.6 is 27.3 Å². The van der Waals surface area contributed by atoms with E-state index in [4.69, 9.17) is 4.42 Å². The predicted molar refractivity (Wildman–Crippen MR) is 96.7 cm³/mol. The normalized spacial score (nSPS) is 11.0. The minimum atomic E-state index is -0.356. The van der Waals surface area contributed by atoms with Gasteiger partial charge in [0.2, 0.25) is 5.89 Å². The molecule has 3 nitrogen and oxygen atoms in total. The number of rotatable bonds is 2. The van der Waals surface area contributed by atoms with E-state index in [1.165, 1.54) is 11.3 Å². The molecule has 0 bridgehead atoms. The molecule has 0 saturated heterocycles. The molecule has 23 heavy (non-hydrogen) atoms. The number of aromatic nitrogens is 1. The first-order chi connectivity index (χ1) is 11.2. The van der Waals surface area contributed by atoms with Gasteiger partial charge in [-0.05, 0) is 23.8 Å². The quantitative estimate of drug-likeness (QED) is 0.468. The molecule has 0 amide bonds. The summed E-state index contributed by atoms with van der Waals surface area (Å²) >= 11 is 4.87. The minimum Gasteiger partial charge on any atom is -0.403 e. The highest BCUT2D eigenvalue weighted by molar-refractivity contribution is 9.10. The van der Waals surface area contributed by atoms with E-state index in [-0.39, 0.29) is 5.63 Å². The Morgan fingerprint density at radius 3 is 2.57 bits per heavy atom. The van der Waals surface area contributed by atoms with Gasteiger partial charge >= 0.3 is 5.63 Å². The summed E-state index contributed by atoms with van der Waals surface area (Å²) in [6, 6.07) is 17.3. The number of thiophene rings is 1. The number of benzene rings is 2. The second-order valence-electron chi connectivity index (χ2n) is 5.01. The van der Waals surface area contributed by atoms with E-state index >= 15 is 0 Å². The zero-order valence-electron chi connectivity index (χ0n) is 11.8. The zero-order valence-corrected chi connectivity index (χ0v) is 14.2. The Labute approximate surface area is 144 Å². The number of fused-ring (bicyclic) bond motifs is 1. The fraction of sp³-hybridized carbons (Fsp3) is 0. The van der Waals surface area contributed by atoms with Gasteiger partial charge in [0.15, 0.2) is 0 Å². The Kier molecular flexibility index (Phi) is 3.59. The van der Waals surface area contributed by atoms with Crippen molar-refractivity contribution < 1.29 is 4.42 Å². The van der Waals surface area contributed by atoms with Crippen LogP contribution in [0, 0.1) is 0 Å². The summed E-state index contributed by atoms with van der Waals surface area (Å²) in [5, 5.41) is 2.49. The molecule has 0 fully saturated rings. The van der Waals surface area contributed by atoms with Gasteiger partial charge < -0.3 is 4.42 Å². The summed E-state index contributed by atoms with van der Waals surface area (Å²) < 4.78 is 6.38. The van der Waals surface area contributed by atoms with E-state index in [1.54, 1.807) is 0 Å². The van der Waals surface area contributed by atoms with Gasteiger partial charge in [-0.15, -0.1) is 11.3 Å². The maximum Gasteiger partial charge on any atom is 0.348 e. The van der Waals surface area contributed by atoms with Crippen molar-refractivity contribution in [3.63, 3.8) is 0 Å². The van der Waals surface area contributed by atoms with E-state index < -0.39 is 0 Å². The molecule has 0 saturated carbocycles. The average Bonchev–Trinajstić information content (AvgIpc) is 3.00. The van der Waals surface area contributed by atoms with Crippen molar-refractivity contribution in [2.45, 2.75) is 0 Å². The SMILES string of the molecule is O=c1oc(-c2cccc(Br)c2)nc2scc(-c3ccccc3)c12. The van der Waals surface area contributed by atoms with Crippen molar-refractivity contribution in [3.05, 3.63) is 74.9 Å². The topological polar surface area (TPSA) is 43.1 Å². The third kappa shape index (κ3) is 2.62. The third-order valence-corrected chi connectivity index (χ3v) is 4.89. The van der Waals surface area contributed by atoms with Crippen LogP contribution in [0.25, 0.3) is 32.8 Å². The van der Waals surface area contributed by atoms with Crippen molar-refractivity contribution in [2.24, 2.45) is 0 Å². The smallest absolute Gasteiger partial charge is 0.348 e. The van der Waals surface area contributed by atoms with Crippen LogP contribution in [0.3, 0.4) is 0 Å². The van der Waals surface area contributed by atoms with Gasteiger partial charge in [0.25, 0.3) is 0 Å². The van der Waals surface area contributed by atoms with E-state index in [0.29, 0.717) is 16.1 Å². The van der Waals surface area contributed by atoms with Crippen LogP contribution in [0.15, 0.2) is 73.7 Å². The highest BCUT2D eigenvalue weighted by atomic mass is 79.9. The fourth-order valence-electron chi connectivity index (χ4n) is 2.46. The highest BCUT2D eigenvalue weighted by Crippen LogP contribution is 2.32. The molecule has 0 spiro atoms. The van der Waals surface area contributed by atoms with Crippen LogP contribution in [0.5, 0.6) is 0 Å². The van der Waals surface area contributed by atoms with E-state index in [1.807, 2.05) is 60.0 Å². The van der Waals surface area contributed by atoms with Crippen LogP contribution < -0.4 is 5.63 Å². The van der Waals surface area contributed by atoms with E-state index in [9.17, 15) is 4.79 Å². The summed E-state index contributed by atoms with van der Waals surface area (Å²) in [4.78, 5) is 17.7. The molecule has 4 rings (SSSR count). The van der Waals surface area contributed by atoms with Crippen LogP contribution in [0.1, 0.15) is 0 Å². The van der Waals surface area contributed by atoms with Gasteiger partial charge in [0, 0.05) is 21.0 Å². The summed E-state index contributed by atoms with van der Waals surface area (Å²) in [6.45, 7) is 0. The number of hydrogen-bond donors (Lipinski definition) is 0. The van der Waals surface area contributed by atoms with Gasteiger partial charge in [-0.1, -0.05) is 52.3 Å². The van der Waals surface area contributed by atoms with Crippen molar-refractivity contribution in [1.29, 1.82) is 0 Å². The van der Waals surface area contributed by atoms with Crippen molar-refractivity contribution >= 4 is 37.5 Å². The molecule has 0 aliphatic carbocycles. The number of halogens is 1. The summed E-state index contributed by atoms with van der Waals surface area (Å²) in [5.74, 6) is 0.338. The summed E-state index contributed by atoms with van der Waals surface area (Å²) in [6.07, 6.45) is 0. The first-order valence-corrected chi connectivity index (χ1v) is 8.63. The molecular weight excluding hydrogens is 374 g/mol. The van der Waals surface area contributed by atoms with Crippen LogP contribution in [-0.4, -0.2) is 4.98 Å². The van der Waals surface area contributed by atoms with Gasteiger partial charge in [-0.3, -0.25) is 0 Å². The highest BCUT2D eigenvalue weighted by Gasteiger charge is 2.15. The molecule has 2 aromatic heterocycles. The number of hydrogen-bond acceptors (Lipinski definition) is 4. The third-order valence-electron chi connectivity index (χ3n) is 3.52. The molecule has 0 aliphatic heterocycles. The van der Waals surface area contributed by atoms with Gasteiger partial charge in [-0.2, -0.15) is 0 Å². The Balaban J connectivity index is 1.93. The summed E-state index contributed by atoms with van der Waals surface area (Å²) in [7, 11) is 0. The van der Waals surface area contributed by atoms with Crippen LogP contribution in [0.2, 0.25) is 0 Å². The van der Waals surface area contributed by atoms with Crippen LogP contribution in [0.4, 0.5) is 0 Å². The van der Waals surface area contributed by atoms with Gasteiger partial charge in [-0.25, -0.2) is 9.78 Å². The molecular formula is C18H10BrNO2S. The molecule has 0 aliphatic rings. The monoisotopic (exact) mass is 383 g/mol. The standard InChI is InChI=1S/C18H10BrNO2S/c19-13-8-4-7-12(9-13)16-20-17-15(18(21)22-16)14(10-23-17)11-5-2-1-3-6-11/h1-10H. The lowest BCUT2D eigenvalue weighted by Crippen LogP contribution is -2.02. The second kappa shape index (κ2) is 5.76. The largest absolute Gasteiger partial charge is 0.403 e. The molecule has 4 aromatic rings. The Bertz CT molecular complexity index is 1050. The molecule has 2 aromatic carbocycles. The lowest BCUT2D eigenvalue weighted by Gasteiger charge is -2.01. The minimum absolute atomic E-state index is 0.338. The number of nitrogens with zero attached hydrogens (tertiary/aromatic N) is 1. The first kappa shape index (κ1) is 14.4. The molecule has 0 atom stereocenters. The maximum absolute atomic E-state index is 12.5. The van der Waals surface area contributed by atoms with Crippen molar-refractivity contribution in [3.8, 4) is 22.6 Å². The summed E-state index contributed by atoms with van der Waals surface area (Å²) in [5.41, 5.74) is 2.27. The van der Waals surface area contributed by atoms with Crippen molar-refractivity contribution in [2.75, 3.05) is 0 Å². The Morgan fingerprint density at radius 1 is 1.00 bits per heavy atom. The molecule has 0 radical (unpaired) electrons.